The van der Waals surface area contributed by atoms with E-state index < -0.39 is 6.03 Å². The van der Waals surface area contributed by atoms with Gasteiger partial charge in [0.25, 0.3) is 0 Å². The van der Waals surface area contributed by atoms with Crippen LogP contribution in [0.25, 0.3) is 0 Å². The molecule has 1 aromatic carbocycles. The second-order valence-corrected chi connectivity index (χ2v) is 6.79. The number of nitrogens with two attached hydrogens (primary N) is 1. The van der Waals surface area contributed by atoms with Gasteiger partial charge in [0.1, 0.15) is 5.76 Å². The third-order valence-corrected chi connectivity index (χ3v) is 5.24. The van der Waals surface area contributed by atoms with Crippen LogP contribution in [-0.4, -0.2) is 31.6 Å². The average molecular weight is 342 g/mol. The van der Waals surface area contributed by atoms with Crippen molar-refractivity contribution in [1.82, 2.24) is 15.8 Å². The van der Waals surface area contributed by atoms with Crippen LogP contribution in [0, 0.1) is 0 Å². The standard InChI is InChI=1S/C18H22N4O3/c1-22-8-7-18-6-5-12(20-21-17(19)23)9-14(18)25-16-13(24-2)4-3-11(10-22)15(16)18/h3-5,9,20H,6-8,10H2,1-2H3,(H3,19,21,23). The first-order chi connectivity index (χ1) is 12.0. The summed E-state index contributed by atoms with van der Waals surface area (Å²) in [6.45, 7) is 1.87. The van der Waals surface area contributed by atoms with E-state index in [9.17, 15) is 4.79 Å². The Morgan fingerprint density at radius 2 is 2.28 bits per heavy atom. The number of nitrogens with one attached hydrogen (secondary N) is 2. The van der Waals surface area contributed by atoms with Gasteiger partial charge in [0.05, 0.1) is 18.2 Å². The second kappa shape index (κ2) is 5.70. The lowest BCUT2D eigenvalue weighted by Crippen LogP contribution is -2.41. The van der Waals surface area contributed by atoms with E-state index in [0.29, 0.717) is 0 Å². The number of urea groups is 1. The van der Waals surface area contributed by atoms with Gasteiger partial charge < -0.3 is 20.1 Å². The number of rotatable bonds is 3. The number of methoxy groups -OCH3 is 1. The van der Waals surface area contributed by atoms with Crippen LogP contribution in [0.15, 0.2) is 35.7 Å². The first-order valence-corrected chi connectivity index (χ1v) is 8.34. The third-order valence-electron chi connectivity index (χ3n) is 5.24. The van der Waals surface area contributed by atoms with Crippen molar-refractivity contribution in [3.8, 4) is 11.5 Å². The lowest BCUT2D eigenvalue weighted by Gasteiger charge is -2.31. The Balaban J connectivity index is 1.78. The number of carbonyl (C=O) groups excluding carboxylic acids is 1. The van der Waals surface area contributed by atoms with E-state index in [1.165, 1.54) is 11.1 Å². The Labute approximate surface area is 146 Å². The molecule has 1 aromatic rings. The van der Waals surface area contributed by atoms with Crippen molar-refractivity contribution in [1.29, 1.82) is 0 Å². The van der Waals surface area contributed by atoms with Crippen LogP contribution in [0.5, 0.6) is 11.5 Å². The molecule has 7 nitrogen and oxygen atoms in total. The minimum absolute atomic E-state index is 0.179. The largest absolute Gasteiger partial charge is 0.493 e. The summed E-state index contributed by atoms with van der Waals surface area (Å²) in [6.07, 6.45) is 5.78. The molecule has 2 amide bonds. The molecule has 4 N–H and O–H groups in total. The minimum Gasteiger partial charge on any atom is -0.493 e. The van der Waals surface area contributed by atoms with Crippen molar-refractivity contribution in [2.45, 2.75) is 24.8 Å². The highest BCUT2D eigenvalue weighted by molar-refractivity contribution is 5.71. The van der Waals surface area contributed by atoms with E-state index in [1.54, 1.807) is 7.11 Å². The Hall–Kier alpha value is -2.67. The smallest absolute Gasteiger partial charge is 0.330 e. The number of nitrogens with zero attached hydrogens (tertiary/aromatic N) is 1. The molecule has 0 saturated carbocycles. The monoisotopic (exact) mass is 342 g/mol. The number of primary amides is 1. The molecule has 2 aliphatic heterocycles. The lowest BCUT2D eigenvalue weighted by molar-refractivity contribution is 0.246. The first kappa shape index (κ1) is 15.8. The number of amides is 2. The fraction of sp³-hybridized carbons (Fsp3) is 0.389. The van der Waals surface area contributed by atoms with E-state index in [-0.39, 0.29) is 5.41 Å². The fourth-order valence-corrected chi connectivity index (χ4v) is 4.03. The summed E-state index contributed by atoms with van der Waals surface area (Å²) in [5.74, 6) is 2.46. The molecule has 2 heterocycles. The van der Waals surface area contributed by atoms with Gasteiger partial charge in [-0.05, 0) is 38.1 Å². The predicted molar refractivity (Wildman–Crippen MR) is 92.9 cm³/mol. The Bertz CT molecular complexity index is 802. The molecular formula is C18H22N4O3. The number of carbonyl (C=O) groups is 1. The van der Waals surface area contributed by atoms with Gasteiger partial charge >= 0.3 is 6.03 Å². The van der Waals surface area contributed by atoms with Crippen LogP contribution in [0.4, 0.5) is 4.79 Å². The first-order valence-electron chi connectivity index (χ1n) is 8.34. The van der Waals surface area contributed by atoms with Gasteiger partial charge in [-0.3, -0.25) is 10.9 Å². The summed E-state index contributed by atoms with van der Waals surface area (Å²) in [5, 5.41) is 0. The number of allylic oxidation sites excluding steroid dienone is 3. The molecule has 1 atom stereocenters. The molecule has 3 aliphatic rings. The number of hydrazine groups is 1. The summed E-state index contributed by atoms with van der Waals surface area (Å²) in [6, 6.07) is 3.48. The van der Waals surface area contributed by atoms with E-state index in [2.05, 4.69) is 34.9 Å². The molecule has 0 saturated heterocycles. The molecule has 0 bridgehead atoms. The Morgan fingerprint density at radius 3 is 3.04 bits per heavy atom. The van der Waals surface area contributed by atoms with E-state index in [4.69, 9.17) is 15.2 Å². The summed E-state index contributed by atoms with van der Waals surface area (Å²) in [4.78, 5) is 13.3. The summed E-state index contributed by atoms with van der Waals surface area (Å²) in [7, 11) is 3.80. The molecule has 7 heteroatoms. The zero-order valence-corrected chi connectivity index (χ0v) is 14.4. The zero-order valence-electron chi connectivity index (χ0n) is 14.4. The van der Waals surface area contributed by atoms with Crippen molar-refractivity contribution >= 4 is 6.03 Å². The highest BCUT2D eigenvalue weighted by atomic mass is 16.5. The molecule has 0 fully saturated rings. The van der Waals surface area contributed by atoms with Gasteiger partial charge in [-0.15, -0.1) is 0 Å². The number of hydrogen-bond donors (Lipinski definition) is 3. The maximum Gasteiger partial charge on any atom is 0.330 e. The van der Waals surface area contributed by atoms with Crippen LogP contribution in [0.1, 0.15) is 24.0 Å². The van der Waals surface area contributed by atoms with Crippen LogP contribution in [0.3, 0.4) is 0 Å². The topological polar surface area (TPSA) is 88.9 Å². The van der Waals surface area contributed by atoms with Crippen molar-refractivity contribution in [3.05, 3.63) is 46.9 Å². The van der Waals surface area contributed by atoms with Gasteiger partial charge in [0, 0.05) is 18.2 Å². The Kier molecular flexibility index (Phi) is 3.61. The fourth-order valence-electron chi connectivity index (χ4n) is 4.03. The molecule has 1 spiro atoms. The molecule has 1 aliphatic carbocycles. The molecule has 25 heavy (non-hydrogen) atoms. The molecule has 132 valence electrons. The molecule has 0 radical (unpaired) electrons. The molecular weight excluding hydrogens is 320 g/mol. The average Bonchev–Trinajstić information content (AvgIpc) is 2.85. The number of hydrogen-bond acceptors (Lipinski definition) is 5. The highest BCUT2D eigenvalue weighted by Gasteiger charge is 2.50. The van der Waals surface area contributed by atoms with E-state index in [1.807, 2.05) is 12.1 Å². The van der Waals surface area contributed by atoms with Crippen molar-refractivity contribution in [3.63, 3.8) is 0 Å². The third kappa shape index (κ3) is 2.42. The zero-order chi connectivity index (χ0) is 17.6. The quantitative estimate of drug-likeness (QED) is 0.725. The summed E-state index contributed by atoms with van der Waals surface area (Å²) >= 11 is 0. The van der Waals surface area contributed by atoms with E-state index >= 15 is 0 Å². The second-order valence-electron chi connectivity index (χ2n) is 6.79. The van der Waals surface area contributed by atoms with Crippen LogP contribution in [0.2, 0.25) is 0 Å². The van der Waals surface area contributed by atoms with Gasteiger partial charge in [0.15, 0.2) is 11.5 Å². The predicted octanol–water partition coefficient (Wildman–Crippen LogP) is 1.51. The number of ether oxygens (including phenoxy) is 2. The summed E-state index contributed by atoms with van der Waals surface area (Å²) < 4.78 is 11.8. The van der Waals surface area contributed by atoms with Crippen molar-refractivity contribution in [2.75, 3.05) is 20.7 Å². The van der Waals surface area contributed by atoms with Crippen LogP contribution >= 0.6 is 0 Å². The van der Waals surface area contributed by atoms with Crippen LogP contribution in [-0.2, 0) is 12.0 Å². The highest BCUT2D eigenvalue weighted by Crippen LogP contribution is 2.57. The maximum absolute atomic E-state index is 10.9. The molecule has 0 aromatic heterocycles. The van der Waals surface area contributed by atoms with Gasteiger partial charge in [-0.2, -0.15) is 0 Å². The minimum atomic E-state index is -0.629. The van der Waals surface area contributed by atoms with Crippen molar-refractivity contribution < 1.29 is 14.3 Å². The number of benzene rings is 1. The Morgan fingerprint density at radius 1 is 1.44 bits per heavy atom. The normalized spacial score (nSPS) is 24.1. The van der Waals surface area contributed by atoms with Gasteiger partial charge in [0.2, 0.25) is 0 Å². The molecule has 4 rings (SSSR count). The van der Waals surface area contributed by atoms with Gasteiger partial charge in [-0.25, -0.2) is 4.79 Å². The molecule has 1 unspecified atom stereocenters. The van der Waals surface area contributed by atoms with Crippen molar-refractivity contribution in [2.24, 2.45) is 5.73 Å². The van der Waals surface area contributed by atoms with E-state index in [0.717, 1.165) is 48.9 Å². The summed E-state index contributed by atoms with van der Waals surface area (Å²) in [5.41, 5.74) is 13.5. The lowest BCUT2D eigenvalue weighted by atomic mass is 9.71. The SMILES string of the molecule is COc1ccc2c3c1OC1=CC(NNC(N)=O)=CCC13CCN(C)C2. The maximum atomic E-state index is 10.9. The van der Waals surface area contributed by atoms with Gasteiger partial charge in [-0.1, -0.05) is 12.1 Å². The van der Waals surface area contributed by atoms with Crippen LogP contribution < -0.4 is 26.1 Å².